The van der Waals surface area contributed by atoms with Gasteiger partial charge in [-0.25, -0.2) is 4.98 Å². The number of para-hydroxylation sites is 1. The Labute approximate surface area is 216 Å². The highest BCUT2D eigenvalue weighted by Crippen LogP contribution is 2.34. The molecule has 0 aliphatic carbocycles. The summed E-state index contributed by atoms with van der Waals surface area (Å²) in [6.07, 6.45) is 0. The number of nitrogens with zero attached hydrogens (tertiary/aromatic N) is 1. The summed E-state index contributed by atoms with van der Waals surface area (Å²) in [5.74, 6) is 0.537. The van der Waals surface area contributed by atoms with Crippen molar-refractivity contribution in [3.8, 4) is 22.6 Å². The van der Waals surface area contributed by atoms with Crippen LogP contribution in [-0.4, -0.2) is 28.8 Å². The first-order valence-electron chi connectivity index (χ1n) is 12.5. The summed E-state index contributed by atoms with van der Waals surface area (Å²) in [5, 5.41) is 12.6. The van der Waals surface area contributed by atoms with Crippen molar-refractivity contribution in [2.24, 2.45) is 0 Å². The number of rotatable bonds is 6. The lowest BCUT2D eigenvalue weighted by atomic mass is 9.80. The van der Waals surface area contributed by atoms with Gasteiger partial charge in [0.25, 0.3) is 0 Å². The number of hydrogen-bond acceptors (Lipinski definition) is 5. The monoisotopic (exact) mass is 489 g/mol. The maximum absolute atomic E-state index is 10.7. The van der Waals surface area contributed by atoms with Crippen LogP contribution in [0.3, 0.4) is 0 Å². The normalized spacial score (nSPS) is 12.6. The van der Waals surface area contributed by atoms with E-state index in [-0.39, 0.29) is 7.48 Å². The van der Waals surface area contributed by atoms with Gasteiger partial charge in [-0.1, -0.05) is 60.7 Å². The molecule has 0 bridgehead atoms. The second-order valence-corrected chi connectivity index (χ2v) is 10.5. The molecule has 6 rings (SSSR count). The number of aliphatic hydroxyl groups is 1. The Morgan fingerprint density at radius 3 is 2.14 bits per heavy atom. The molecule has 2 aromatic heterocycles. The summed E-state index contributed by atoms with van der Waals surface area (Å²) >= 11 is 0. The van der Waals surface area contributed by atoms with Gasteiger partial charge in [0.05, 0.1) is 11.2 Å². The van der Waals surface area contributed by atoms with E-state index in [1.165, 1.54) is 0 Å². The summed E-state index contributed by atoms with van der Waals surface area (Å²) in [6, 6.07) is 28.4. The molecular formula is C31H28BNO4. The zero-order valence-electron chi connectivity index (χ0n) is 21.4. The lowest BCUT2D eigenvalue weighted by Crippen LogP contribution is -2.49. The number of hydrogen-bond donors (Lipinski definition) is 1. The maximum Gasteiger partial charge on any atom is 0.314 e. The highest BCUT2D eigenvalue weighted by molar-refractivity contribution is 6.56. The van der Waals surface area contributed by atoms with Crippen molar-refractivity contribution >= 4 is 46.0 Å². The second-order valence-electron chi connectivity index (χ2n) is 10.5. The van der Waals surface area contributed by atoms with Gasteiger partial charge in [-0.3, -0.25) is 0 Å². The van der Waals surface area contributed by atoms with Crippen molar-refractivity contribution in [2.45, 2.75) is 38.9 Å². The van der Waals surface area contributed by atoms with Gasteiger partial charge in [-0.2, -0.15) is 0 Å². The largest absolute Gasteiger partial charge is 0.456 e. The van der Waals surface area contributed by atoms with Crippen molar-refractivity contribution in [1.29, 1.82) is 0 Å². The van der Waals surface area contributed by atoms with Crippen LogP contribution in [0.1, 0.15) is 27.7 Å². The first-order chi connectivity index (χ1) is 17.7. The van der Waals surface area contributed by atoms with Crippen molar-refractivity contribution in [3.63, 3.8) is 0 Å². The van der Waals surface area contributed by atoms with Gasteiger partial charge in [0.15, 0.2) is 5.58 Å². The standard InChI is InChI=1S/C31H28BNO4/c1-30(2,34)31(3,4)37-32-27-26-22-12-8-9-13-24(22)35-25(26)18-23-28(27)36-29(33-23)21-16-14-20(15-17-21)19-10-6-5-7-11-19/h5-18,32,34H,1-4H3. The lowest BCUT2D eigenvalue weighted by Gasteiger charge is -2.37. The van der Waals surface area contributed by atoms with Crippen molar-refractivity contribution in [3.05, 3.63) is 84.9 Å². The Morgan fingerprint density at radius 2 is 1.41 bits per heavy atom. The Morgan fingerprint density at radius 1 is 0.757 bits per heavy atom. The van der Waals surface area contributed by atoms with Crippen LogP contribution in [0.4, 0.5) is 0 Å². The van der Waals surface area contributed by atoms with Crippen LogP contribution < -0.4 is 5.46 Å². The molecule has 0 amide bonds. The molecule has 0 fully saturated rings. The van der Waals surface area contributed by atoms with E-state index in [1.807, 2.05) is 74.5 Å². The average Bonchev–Trinajstić information content (AvgIpc) is 3.48. The van der Waals surface area contributed by atoms with Gasteiger partial charge in [-0.05, 0) is 57.0 Å². The molecule has 5 nitrogen and oxygen atoms in total. The van der Waals surface area contributed by atoms with Crippen LogP contribution in [0.25, 0.3) is 55.6 Å². The third-order valence-corrected chi connectivity index (χ3v) is 7.41. The maximum atomic E-state index is 10.7. The third-order valence-electron chi connectivity index (χ3n) is 7.41. The van der Waals surface area contributed by atoms with E-state index in [2.05, 4.69) is 24.3 Å². The fourth-order valence-corrected chi connectivity index (χ4v) is 4.49. The van der Waals surface area contributed by atoms with Crippen molar-refractivity contribution in [1.82, 2.24) is 4.98 Å². The van der Waals surface area contributed by atoms with Gasteiger partial charge >= 0.3 is 7.48 Å². The van der Waals surface area contributed by atoms with E-state index < -0.39 is 11.2 Å². The predicted octanol–water partition coefficient (Wildman–Crippen LogP) is 6.60. The molecule has 0 saturated heterocycles. The molecule has 2 heterocycles. The average molecular weight is 489 g/mol. The highest BCUT2D eigenvalue weighted by atomic mass is 16.5. The number of aromatic nitrogens is 1. The third kappa shape index (κ3) is 4.12. The zero-order chi connectivity index (χ0) is 25.8. The SMILES string of the molecule is CC(C)(O)C(C)(C)OBc1c2oc(-c3ccc(-c4ccccc4)cc3)nc2cc2oc3ccccc3c12. The minimum atomic E-state index is -1.04. The number of furan rings is 1. The molecule has 6 aromatic rings. The first-order valence-corrected chi connectivity index (χ1v) is 12.5. The summed E-state index contributed by atoms with van der Waals surface area (Å²) in [4.78, 5) is 4.83. The number of oxazole rings is 1. The van der Waals surface area contributed by atoms with Crippen LogP contribution in [0.2, 0.25) is 0 Å². The minimum absolute atomic E-state index is 0.232. The Balaban J connectivity index is 1.48. The van der Waals surface area contributed by atoms with E-state index in [0.29, 0.717) is 17.0 Å². The highest BCUT2D eigenvalue weighted by Gasteiger charge is 2.36. The van der Waals surface area contributed by atoms with Gasteiger partial charge in [0.2, 0.25) is 5.89 Å². The van der Waals surface area contributed by atoms with Crippen molar-refractivity contribution < 1.29 is 18.6 Å². The predicted molar refractivity (Wildman–Crippen MR) is 150 cm³/mol. The molecular weight excluding hydrogens is 461 g/mol. The molecule has 37 heavy (non-hydrogen) atoms. The molecule has 0 aliphatic rings. The Kier molecular flexibility index (Phi) is 5.48. The Bertz CT molecular complexity index is 1720. The molecule has 1 N–H and O–H groups in total. The van der Waals surface area contributed by atoms with Crippen LogP contribution in [0.15, 0.2) is 93.8 Å². The van der Waals surface area contributed by atoms with E-state index in [9.17, 15) is 5.11 Å². The van der Waals surface area contributed by atoms with E-state index in [0.717, 1.165) is 44.1 Å². The molecule has 6 heteroatoms. The first kappa shape index (κ1) is 23.5. The van der Waals surface area contributed by atoms with Crippen LogP contribution in [0, 0.1) is 0 Å². The molecule has 0 spiro atoms. The summed E-state index contributed by atoms with van der Waals surface area (Å²) < 4.78 is 18.9. The smallest absolute Gasteiger partial charge is 0.314 e. The summed E-state index contributed by atoms with van der Waals surface area (Å²) in [7, 11) is 0.232. The number of fused-ring (bicyclic) bond motifs is 4. The quantitative estimate of drug-likeness (QED) is 0.267. The van der Waals surface area contributed by atoms with Crippen LogP contribution >= 0.6 is 0 Å². The van der Waals surface area contributed by atoms with E-state index in [1.54, 1.807) is 13.8 Å². The molecule has 0 radical (unpaired) electrons. The van der Waals surface area contributed by atoms with Gasteiger partial charge in [0.1, 0.15) is 16.7 Å². The van der Waals surface area contributed by atoms with Gasteiger partial charge < -0.3 is 18.6 Å². The second kappa shape index (κ2) is 8.61. The van der Waals surface area contributed by atoms with Crippen molar-refractivity contribution in [2.75, 3.05) is 0 Å². The fourth-order valence-electron chi connectivity index (χ4n) is 4.49. The summed E-state index contributed by atoms with van der Waals surface area (Å²) in [6.45, 7) is 7.28. The minimum Gasteiger partial charge on any atom is -0.456 e. The zero-order valence-corrected chi connectivity index (χ0v) is 21.4. The molecule has 0 atom stereocenters. The van der Waals surface area contributed by atoms with E-state index >= 15 is 0 Å². The lowest BCUT2D eigenvalue weighted by molar-refractivity contribution is -0.0892. The fraction of sp³-hybridized carbons (Fsp3) is 0.194. The van der Waals surface area contributed by atoms with E-state index in [4.69, 9.17) is 18.5 Å². The number of benzene rings is 4. The Hall–Kier alpha value is -3.87. The molecule has 0 saturated carbocycles. The van der Waals surface area contributed by atoms with Gasteiger partial charge in [-0.15, -0.1) is 0 Å². The molecule has 4 aromatic carbocycles. The molecule has 0 unspecified atom stereocenters. The van der Waals surface area contributed by atoms with Crippen LogP contribution in [0.5, 0.6) is 0 Å². The summed E-state index contributed by atoms with van der Waals surface area (Å²) in [5.41, 5.74) is 5.09. The topological polar surface area (TPSA) is 68.6 Å². The molecule has 184 valence electrons. The van der Waals surface area contributed by atoms with Crippen LogP contribution in [-0.2, 0) is 4.65 Å². The molecule has 0 aliphatic heterocycles. The van der Waals surface area contributed by atoms with Gasteiger partial charge in [0, 0.05) is 27.9 Å².